The topological polar surface area (TPSA) is 87.1 Å². The molecule has 0 saturated carbocycles. The van der Waals surface area contributed by atoms with E-state index in [1.54, 1.807) is 11.3 Å². The summed E-state index contributed by atoms with van der Waals surface area (Å²) in [6.07, 6.45) is 1.19. The third-order valence-electron chi connectivity index (χ3n) is 4.55. The Labute approximate surface area is 148 Å². The summed E-state index contributed by atoms with van der Waals surface area (Å²) in [4.78, 5) is 20.4. The van der Waals surface area contributed by atoms with E-state index in [-0.39, 0.29) is 0 Å². The fraction of sp³-hybridized carbons (Fsp3) is 0.294. The van der Waals surface area contributed by atoms with Crippen molar-refractivity contribution >= 4 is 28.1 Å². The lowest BCUT2D eigenvalue weighted by Crippen LogP contribution is -2.47. The van der Waals surface area contributed by atoms with E-state index in [0.29, 0.717) is 13.1 Å². The minimum atomic E-state index is -0.836. The molecule has 0 atom stereocenters. The largest absolute Gasteiger partial charge is 0.465 e. The highest BCUT2D eigenvalue weighted by Gasteiger charge is 2.21. The number of para-hydroxylation sites is 1. The molecule has 8 heteroatoms. The van der Waals surface area contributed by atoms with Crippen LogP contribution in [0.1, 0.15) is 5.69 Å². The minimum absolute atomic E-state index is 0.554. The van der Waals surface area contributed by atoms with E-state index in [0.717, 1.165) is 47.2 Å². The molecule has 1 fully saturated rings. The second kappa shape index (κ2) is 6.38. The molecule has 130 valence electrons. The summed E-state index contributed by atoms with van der Waals surface area (Å²) in [5, 5.41) is 11.2. The first-order chi connectivity index (χ1) is 12.1. The van der Waals surface area contributed by atoms with E-state index in [1.165, 1.54) is 4.90 Å². The molecule has 25 heavy (non-hydrogen) atoms. The summed E-state index contributed by atoms with van der Waals surface area (Å²) >= 11 is 1.61. The molecule has 7 nitrogen and oxygen atoms in total. The second-order valence-electron chi connectivity index (χ2n) is 6.14. The van der Waals surface area contributed by atoms with Crippen molar-refractivity contribution in [3.05, 3.63) is 41.5 Å². The number of rotatable bonds is 3. The Kier molecular flexibility index (Phi) is 4.06. The van der Waals surface area contributed by atoms with Crippen molar-refractivity contribution < 1.29 is 9.90 Å². The predicted molar refractivity (Wildman–Crippen MR) is 97.8 cm³/mol. The van der Waals surface area contributed by atoms with Crippen LogP contribution in [0.25, 0.3) is 16.2 Å². The highest BCUT2D eigenvalue weighted by molar-refractivity contribution is 7.15. The third kappa shape index (κ3) is 3.06. The molecule has 3 N–H and O–H groups in total. The quantitative estimate of drug-likeness (QED) is 0.703. The Balaban J connectivity index is 1.54. The number of nitrogen functional groups attached to an aromatic ring is 1. The van der Waals surface area contributed by atoms with Gasteiger partial charge in [0.1, 0.15) is 0 Å². The number of benzene rings is 1. The molecular weight excluding hydrogens is 338 g/mol. The number of imidazole rings is 1. The van der Waals surface area contributed by atoms with Gasteiger partial charge < -0.3 is 15.7 Å². The van der Waals surface area contributed by atoms with Crippen LogP contribution in [0.2, 0.25) is 0 Å². The Morgan fingerprint density at radius 2 is 2.00 bits per heavy atom. The lowest BCUT2D eigenvalue weighted by atomic mass is 10.1. The molecule has 0 radical (unpaired) electrons. The fourth-order valence-electron chi connectivity index (χ4n) is 3.13. The number of piperazine rings is 1. The van der Waals surface area contributed by atoms with Crippen molar-refractivity contribution in [2.45, 2.75) is 6.54 Å². The monoisotopic (exact) mass is 357 g/mol. The Morgan fingerprint density at radius 1 is 1.24 bits per heavy atom. The van der Waals surface area contributed by atoms with Crippen LogP contribution < -0.4 is 5.73 Å². The molecule has 3 aromatic rings. The molecule has 0 spiro atoms. The molecule has 0 bridgehead atoms. The summed E-state index contributed by atoms with van der Waals surface area (Å²) in [6, 6.07) is 7.74. The van der Waals surface area contributed by atoms with Crippen molar-refractivity contribution in [3.8, 4) is 11.3 Å². The molecular formula is C17H19N5O2S. The van der Waals surface area contributed by atoms with Crippen molar-refractivity contribution in [1.29, 1.82) is 0 Å². The number of hydrogen-bond acceptors (Lipinski definition) is 5. The maximum absolute atomic E-state index is 11.0. The molecule has 3 heterocycles. The SMILES string of the molecule is Nc1ccccc1-c1cn2c(CN3CCN(C(=O)O)CC3)csc2n1. The molecule has 4 rings (SSSR count). The van der Waals surface area contributed by atoms with Gasteiger partial charge in [0.15, 0.2) is 4.96 Å². The number of anilines is 1. The van der Waals surface area contributed by atoms with E-state index < -0.39 is 6.09 Å². The van der Waals surface area contributed by atoms with E-state index in [4.69, 9.17) is 10.8 Å². The minimum Gasteiger partial charge on any atom is -0.465 e. The summed E-state index contributed by atoms with van der Waals surface area (Å²) < 4.78 is 2.11. The maximum atomic E-state index is 11.0. The summed E-state index contributed by atoms with van der Waals surface area (Å²) in [7, 11) is 0. The maximum Gasteiger partial charge on any atom is 0.407 e. The Morgan fingerprint density at radius 3 is 2.72 bits per heavy atom. The standard InChI is InChI=1S/C17H19N5O2S/c18-14-4-2-1-3-13(14)15-10-22-12(11-25-16(22)19-15)9-20-5-7-21(8-6-20)17(23)24/h1-4,10-11H,5-9,18H2,(H,23,24). The molecule has 1 aromatic carbocycles. The number of nitrogens with two attached hydrogens (primary N) is 1. The van der Waals surface area contributed by atoms with E-state index in [1.807, 2.05) is 30.5 Å². The van der Waals surface area contributed by atoms with Crippen LogP contribution in [0.3, 0.4) is 0 Å². The summed E-state index contributed by atoms with van der Waals surface area (Å²) in [5.74, 6) is 0. The predicted octanol–water partition coefficient (Wildman–Crippen LogP) is 2.44. The van der Waals surface area contributed by atoms with Crippen molar-refractivity contribution in [3.63, 3.8) is 0 Å². The fourth-order valence-corrected chi connectivity index (χ4v) is 3.99. The van der Waals surface area contributed by atoms with Gasteiger partial charge in [-0.3, -0.25) is 9.30 Å². The van der Waals surface area contributed by atoms with Crippen LogP contribution in [-0.4, -0.2) is 56.6 Å². The molecule has 1 aliphatic rings. The van der Waals surface area contributed by atoms with Crippen LogP contribution in [0, 0.1) is 0 Å². The highest BCUT2D eigenvalue weighted by atomic mass is 32.1. The number of thiazole rings is 1. The van der Waals surface area contributed by atoms with E-state index in [9.17, 15) is 4.79 Å². The van der Waals surface area contributed by atoms with Crippen LogP contribution in [0.15, 0.2) is 35.8 Å². The van der Waals surface area contributed by atoms with Crippen molar-refractivity contribution in [1.82, 2.24) is 19.2 Å². The van der Waals surface area contributed by atoms with Gasteiger partial charge in [-0.15, -0.1) is 11.3 Å². The van der Waals surface area contributed by atoms with Crippen LogP contribution in [0.4, 0.5) is 10.5 Å². The normalized spacial score (nSPS) is 15.8. The highest BCUT2D eigenvalue weighted by Crippen LogP contribution is 2.28. The number of nitrogens with zero attached hydrogens (tertiary/aromatic N) is 4. The van der Waals surface area contributed by atoms with Gasteiger partial charge >= 0.3 is 6.09 Å². The van der Waals surface area contributed by atoms with Gasteiger partial charge in [-0.25, -0.2) is 9.78 Å². The second-order valence-corrected chi connectivity index (χ2v) is 6.98. The Bertz CT molecular complexity index is 911. The lowest BCUT2D eigenvalue weighted by Gasteiger charge is -2.32. The van der Waals surface area contributed by atoms with E-state index in [2.05, 4.69) is 19.7 Å². The number of fused-ring (bicyclic) bond motifs is 1. The number of hydrogen-bond donors (Lipinski definition) is 2. The first kappa shape index (κ1) is 15.9. The van der Waals surface area contributed by atoms with Gasteiger partial charge in [0, 0.05) is 61.2 Å². The number of amides is 1. The van der Waals surface area contributed by atoms with Crippen molar-refractivity contribution in [2.24, 2.45) is 0 Å². The Hall–Kier alpha value is -2.58. The van der Waals surface area contributed by atoms with E-state index >= 15 is 0 Å². The smallest absolute Gasteiger partial charge is 0.407 e. The number of aromatic nitrogens is 2. The first-order valence-electron chi connectivity index (χ1n) is 8.12. The zero-order valence-corrected chi connectivity index (χ0v) is 14.4. The zero-order chi connectivity index (χ0) is 17.4. The van der Waals surface area contributed by atoms with Gasteiger partial charge in [-0.2, -0.15) is 0 Å². The zero-order valence-electron chi connectivity index (χ0n) is 13.6. The van der Waals surface area contributed by atoms with Crippen molar-refractivity contribution in [2.75, 3.05) is 31.9 Å². The van der Waals surface area contributed by atoms with Crippen LogP contribution >= 0.6 is 11.3 Å². The lowest BCUT2D eigenvalue weighted by molar-refractivity contribution is 0.102. The number of carbonyl (C=O) groups is 1. The first-order valence-corrected chi connectivity index (χ1v) is 9.00. The van der Waals surface area contributed by atoms with Gasteiger partial charge in [0.05, 0.1) is 5.69 Å². The molecule has 1 aliphatic heterocycles. The van der Waals surface area contributed by atoms with Crippen LogP contribution in [-0.2, 0) is 6.54 Å². The summed E-state index contributed by atoms with van der Waals surface area (Å²) in [6.45, 7) is 3.39. The molecule has 1 amide bonds. The molecule has 0 aliphatic carbocycles. The van der Waals surface area contributed by atoms with Crippen LogP contribution in [0.5, 0.6) is 0 Å². The average Bonchev–Trinajstić information content (AvgIpc) is 3.18. The summed E-state index contributed by atoms with van der Waals surface area (Å²) in [5.41, 5.74) is 9.77. The van der Waals surface area contributed by atoms with Gasteiger partial charge in [-0.1, -0.05) is 18.2 Å². The third-order valence-corrected chi connectivity index (χ3v) is 5.44. The molecule has 0 unspecified atom stereocenters. The van der Waals surface area contributed by atoms with Gasteiger partial charge in [0.2, 0.25) is 0 Å². The molecule has 2 aromatic heterocycles. The molecule has 1 saturated heterocycles. The average molecular weight is 357 g/mol. The number of carboxylic acid groups (broad SMARTS) is 1. The van der Waals surface area contributed by atoms with Gasteiger partial charge in [-0.05, 0) is 6.07 Å². The van der Waals surface area contributed by atoms with Gasteiger partial charge in [0.25, 0.3) is 0 Å².